The summed E-state index contributed by atoms with van der Waals surface area (Å²) in [6.07, 6.45) is 5.17. The summed E-state index contributed by atoms with van der Waals surface area (Å²) >= 11 is 0. The molecular weight excluding hydrogens is 204 g/mol. The predicted octanol–water partition coefficient (Wildman–Crippen LogP) is 1.61. The Balaban J connectivity index is 2.48. The molecule has 1 amide bonds. The number of carbonyl (C=O) groups excluding carboxylic acids is 1. The van der Waals surface area contributed by atoms with Gasteiger partial charge in [-0.05, 0) is 25.7 Å². The van der Waals surface area contributed by atoms with E-state index in [2.05, 4.69) is 11.4 Å². The number of nitrogens with zero attached hydrogens (tertiary/aromatic N) is 1. The van der Waals surface area contributed by atoms with E-state index in [1.807, 2.05) is 0 Å². The summed E-state index contributed by atoms with van der Waals surface area (Å²) in [5.41, 5.74) is 0. The van der Waals surface area contributed by atoms with E-state index < -0.39 is 6.10 Å². The predicted molar refractivity (Wildman–Crippen MR) is 60.6 cm³/mol. The van der Waals surface area contributed by atoms with Gasteiger partial charge in [0.15, 0.2) is 0 Å². The fourth-order valence-corrected chi connectivity index (χ4v) is 2.10. The number of ether oxygens (including phenoxy) is 1. The van der Waals surface area contributed by atoms with Crippen molar-refractivity contribution in [2.45, 2.75) is 51.2 Å². The summed E-state index contributed by atoms with van der Waals surface area (Å²) in [6, 6.07) is 1.84. The highest BCUT2D eigenvalue weighted by Gasteiger charge is 2.26. The Bertz CT molecular complexity index is 267. The number of methoxy groups -OCH3 is 1. The Morgan fingerprint density at radius 2 is 2.06 bits per heavy atom. The van der Waals surface area contributed by atoms with Crippen molar-refractivity contribution in [1.82, 2.24) is 5.32 Å². The van der Waals surface area contributed by atoms with E-state index in [0.29, 0.717) is 5.92 Å². The van der Waals surface area contributed by atoms with Crippen molar-refractivity contribution in [2.75, 3.05) is 7.11 Å². The third-order valence-corrected chi connectivity index (χ3v) is 3.28. The Kier molecular flexibility index (Phi) is 5.27. The van der Waals surface area contributed by atoms with E-state index in [9.17, 15) is 4.79 Å². The second-order valence-corrected chi connectivity index (χ2v) is 4.39. The second-order valence-electron chi connectivity index (χ2n) is 4.39. The normalized spacial score (nSPS) is 20.8. The van der Waals surface area contributed by atoms with Crippen LogP contribution in [0.5, 0.6) is 0 Å². The highest BCUT2D eigenvalue weighted by atomic mass is 16.5. The first-order valence-electron chi connectivity index (χ1n) is 5.91. The molecule has 0 aliphatic heterocycles. The smallest absolute Gasteiger partial charge is 0.249 e. The van der Waals surface area contributed by atoms with Crippen molar-refractivity contribution in [3.05, 3.63) is 0 Å². The van der Waals surface area contributed by atoms with Crippen molar-refractivity contribution in [3.8, 4) is 6.07 Å². The minimum atomic E-state index is -0.487. The molecule has 2 atom stereocenters. The van der Waals surface area contributed by atoms with Gasteiger partial charge in [-0.3, -0.25) is 4.79 Å². The molecule has 0 aromatic rings. The van der Waals surface area contributed by atoms with Gasteiger partial charge in [-0.2, -0.15) is 5.26 Å². The summed E-state index contributed by atoms with van der Waals surface area (Å²) in [5.74, 6) is 0.117. The van der Waals surface area contributed by atoms with Gasteiger partial charge in [0.2, 0.25) is 5.91 Å². The van der Waals surface area contributed by atoms with E-state index in [-0.39, 0.29) is 11.9 Å². The van der Waals surface area contributed by atoms with Crippen LogP contribution in [0.15, 0.2) is 0 Å². The topological polar surface area (TPSA) is 62.1 Å². The van der Waals surface area contributed by atoms with Gasteiger partial charge in [-0.1, -0.05) is 19.3 Å². The third kappa shape index (κ3) is 3.49. The van der Waals surface area contributed by atoms with Gasteiger partial charge in [0.25, 0.3) is 0 Å². The lowest BCUT2D eigenvalue weighted by Gasteiger charge is -2.27. The lowest BCUT2D eigenvalue weighted by Crippen LogP contribution is -2.44. The molecule has 1 rings (SSSR count). The van der Waals surface area contributed by atoms with Gasteiger partial charge in [-0.25, -0.2) is 0 Å². The van der Waals surface area contributed by atoms with E-state index in [1.165, 1.54) is 26.4 Å². The van der Waals surface area contributed by atoms with Gasteiger partial charge in [0.05, 0.1) is 6.07 Å². The second kappa shape index (κ2) is 6.49. The summed E-state index contributed by atoms with van der Waals surface area (Å²) in [5, 5.41) is 11.8. The zero-order valence-electron chi connectivity index (χ0n) is 10.0. The van der Waals surface area contributed by atoms with E-state index in [0.717, 1.165) is 12.8 Å². The van der Waals surface area contributed by atoms with Crippen molar-refractivity contribution in [3.63, 3.8) is 0 Å². The van der Waals surface area contributed by atoms with Gasteiger partial charge < -0.3 is 10.1 Å². The van der Waals surface area contributed by atoms with Crippen LogP contribution >= 0.6 is 0 Å². The van der Waals surface area contributed by atoms with Crippen LogP contribution in [0, 0.1) is 17.2 Å². The lowest BCUT2D eigenvalue weighted by molar-refractivity contribution is -0.130. The van der Waals surface area contributed by atoms with Crippen molar-refractivity contribution in [2.24, 2.45) is 5.92 Å². The Hall–Kier alpha value is -1.08. The van der Waals surface area contributed by atoms with E-state index in [1.54, 1.807) is 6.92 Å². The van der Waals surface area contributed by atoms with Gasteiger partial charge >= 0.3 is 0 Å². The number of rotatable bonds is 4. The third-order valence-electron chi connectivity index (χ3n) is 3.28. The SMILES string of the molecule is CO[C@H](C)C(=O)N[C@@H](C#N)C1CCCCC1. The number of hydrogen-bond acceptors (Lipinski definition) is 3. The molecule has 0 spiro atoms. The standard InChI is InChI=1S/C12H20N2O2/c1-9(16-2)12(15)14-11(8-13)10-6-4-3-5-7-10/h9-11H,3-7H2,1-2H3,(H,14,15)/t9-,11+/m1/s1. The largest absolute Gasteiger partial charge is 0.372 e. The van der Waals surface area contributed by atoms with Crippen LogP contribution in [-0.4, -0.2) is 25.2 Å². The minimum absolute atomic E-state index is 0.195. The van der Waals surface area contributed by atoms with Crippen molar-refractivity contribution >= 4 is 5.91 Å². The highest BCUT2D eigenvalue weighted by Crippen LogP contribution is 2.26. The summed E-state index contributed by atoms with van der Waals surface area (Å²) in [4.78, 5) is 11.6. The highest BCUT2D eigenvalue weighted by molar-refractivity contribution is 5.80. The monoisotopic (exact) mass is 224 g/mol. The van der Waals surface area contributed by atoms with Gasteiger partial charge in [0.1, 0.15) is 12.1 Å². The molecule has 90 valence electrons. The average molecular weight is 224 g/mol. The Morgan fingerprint density at radius 3 is 2.56 bits per heavy atom. The molecule has 0 radical (unpaired) electrons. The molecule has 1 aliphatic rings. The zero-order valence-corrected chi connectivity index (χ0v) is 10.0. The molecule has 0 aromatic carbocycles. The van der Waals surface area contributed by atoms with Crippen LogP contribution in [0.4, 0.5) is 0 Å². The first kappa shape index (κ1) is 13.0. The summed E-state index contributed by atoms with van der Waals surface area (Å²) < 4.78 is 4.92. The fourth-order valence-electron chi connectivity index (χ4n) is 2.10. The average Bonchev–Trinajstić information content (AvgIpc) is 2.35. The molecule has 1 fully saturated rings. The van der Waals surface area contributed by atoms with Crippen LogP contribution in [0.3, 0.4) is 0 Å². The molecular formula is C12H20N2O2. The van der Waals surface area contributed by atoms with Crippen molar-refractivity contribution in [1.29, 1.82) is 5.26 Å². The molecule has 4 heteroatoms. The number of carbonyl (C=O) groups is 1. The maximum Gasteiger partial charge on any atom is 0.249 e. The molecule has 16 heavy (non-hydrogen) atoms. The molecule has 0 saturated heterocycles. The fraction of sp³-hybridized carbons (Fsp3) is 0.833. The maximum absolute atomic E-state index is 11.6. The maximum atomic E-state index is 11.6. The molecule has 0 aromatic heterocycles. The first-order chi connectivity index (χ1) is 7.69. The molecule has 4 nitrogen and oxygen atoms in total. The van der Waals surface area contributed by atoms with Crippen LogP contribution < -0.4 is 5.32 Å². The molecule has 0 unspecified atom stereocenters. The number of hydrogen-bond donors (Lipinski definition) is 1. The summed E-state index contributed by atoms with van der Waals surface area (Å²) in [7, 11) is 1.49. The molecule has 0 heterocycles. The minimum Gasteiger partial charge on any atom is -0.372 e. The molecule has 1 N–H and O–H groups in total. The lowest BCUT2D eigenvalue weighted by atomic mass is 9.84. The first-order valence-corrected chi connectivity index (χ1v) is 5.91. The van der Waals surface area contributed by atoms with Crippen LogP contribution in [0.25, 0.3) is 0 Å². The van der Waals surface area contributed by atoms with Gasteiger partial charge in [-0.15, -0.1) is 0 Å². The zero-order chi connectivity index (χ0) is 12.0. The van der Waals surface area contributed by atoms with Gasteiger partial charge in [0, 0.05) is 7.11 Å². The number of nitriles is 1. The molecule has 1 aliphatic carbocycles. The van der Waals surface area contributed by atoms with E-state index in [4.69, 9.17) is 10.00 Å². The van der Waals surface area contributed by atoms with E-state index >= 15 is 0 Å². The van der Waals surface area contributed by atoms with Crippen LogP contribution in [0.1, 0.15) is 39.0 Å². The molecule has 0 bridgehead atoms. The summed E-state index contributed by atoms with van der Waals surface area (Å²) in [6.45, 7) is 1.69. The van der Waals surface area contributed by atoms with Crippen molar-refractivity contribution < 1.29 is 9.53 Å². The number of nitrogens with one attached hydrogen (secondary N) is 1. The quantitative estimate of drug-likeness (QED) is 0.789. The Labute approximate surface area is 97.0 Å². The van der Waals surface area contributed by atoms with Crippen LogP contribution in [-0.2, 0) is 9.53 Å². The Morgan fingerprint density at radius 1 is 1.44 bits per heavy atom. The van der Waals surface area contributed by atoms with Crippen LogP contribution in [0.2, 0.25) is 0 Å². The number of amides is 1. The molecule has 1 saturated carbocycles.